The highest BCUT2D eigenvalue weighted by atomic mass is 16.2. The molecule has 0 spiro atoms. The van der Waals surface area contributed by atoms with E-state index in [0.717, 1.165) is 28.8 Å². The van der Waals surface area contributed by atoms with Gasteiger partial charge in [0.05, 0.1) is 6.42 Å². The van der Waals surface area contributed by atoms with Crippen LogP contribution in [0, 0.1) is 0 Å². The Kier molecular flexibility index (Phi) is 4.42. The van der Waals surface area contributed by atoms with Crippen molar-refractivity contribution in [1.82, 2.24) is 5.32 Å². The standard InChI is InChI=1S/C19H20N2O2/c1-21-17-9-7-15(11-16(17)8-10-19(21)23)12-18(22)20-13-14-5-3-2-4-6-14/h2-7,9,11H,8,10,12-13H2,1H3,(H,20,22). The second kappa shape index (κ2) is 6.65. The van der Waals surface area contributed by atoms with E-state index in [1.165, 1.54) is 0 Å². The molecule has 118 valence electrons. The van der Waals surface area contributed by atoms with Gasteiger partial charge in [-0.25, -0.2) is 0 Å². The van der Waals surface area contributed by atoms with Gasteiger partial charge in [0, 0.05) is 25.7 Å². The van der Waals surface area contributed by atoms with E-state index in [1.54, 1.807) is 11.9 Å². The molecule has 4 heteroatoms. The first-order valence-corrected chi connectivity index (χ1v) is 7.82. The summed E-state index contributed by atoms with van der Waals surface area (Å²) in [5.41, 5.74) is 4.17. The molecule has 0 saturated carbocycles. The van der Waals surface area contributed by atoms with Crippen molar-refractivity contribution in [3.05, 3.63) is 65.2 Å². The van der Waals surface area contributed by atoms with Crippen LogP contribution in [0.1, 0.15) is 23.1 Å². The molecule has 1 aliphatic heterocycles. The highest BCUT2D eigenvalue weighted by molar-refractivity contribution is 5.96. The number of hydrogen-bond donors (Lipinski definition) is 1. The zero-order valence-corrected chi connectivity index (χ0v) is 13.2. The van der Waals surface area contributed by atoms with Gasteiger partial charge in [-0.3, -0.25) is 9.59 Å². The molecule has 3 rings (SSSR count). The molecule has 0 atom stereocenters. The monoisotopic (exact) mass is 308 g/mol. The lowest BCUT2D eigenvalue weighted by atomic mass is 9.98. The maximum Gasteiger partial charge on any atom is 0.227 e. The first-order chi connectivity index (χ1) is 11.1. The van der Waals surface area contributed by atoms with Crippen molar-refractivity contribution < 1.29 is 9.59 Å². The quantitative estimate of drug-likeness (QED) is 0.943. The SMILES string of the molecule is CN1C(=O)CCc2cc(CC(=O)NCc3ccccc3)ccc21. The van der Waals surface area contributed by atoms with E-state index >= 15 is 0 Å². The molecular formula is C19H20N2O2. The van der Waals surface area contributed by atoms with Crippen LogP contribution in [0.15, 0.2) is 48.5 Å². The maximum absolute atomic E-state index is 12.1. The van der Waals surface area contributed by atoms with Crippen LogP contribution in [0.4, 0.5) is 5.69 Å². The number of carbonyl (C=O) groups excluding carboxylic acids is 2. The van der Waals surface area contributed by atoms with Crippen molar-refractivity contribution in [2.75, 3.05) is 11.9 Å². The fourth-order valence-electron chi connectivity index (χ4n) is 2.86. The molecule has 2 aromatic rings. The molecule has 0 unspecified atom stereocenters. The van der Waals surface area contributed by atoms with Gasteiger partial charge in [0.25, 0.3) is 0 Å². The van der Waals surface area contributed by atoms with Gasteiger partial charge in [0.2, 0.25) is 11.8 Å². The van der Waals surface area contributed by atoms with Gasteiger partial charge < -0.3 is 10.2 Å². The first-order valence-electron chi connectivity index (χ1n) is 7.82. The number of amides is 2. The number of carbonyl (C=O) groups is 2. The average molecular weight is 308 g/mol. The van der Waals surface area contributed by atoms with E-state index in [1.807, 2.05) is 48.5 Å². The lowest BCUT2D eigenvalue weighted by Crippen LogP contribution is -2.31. The third-order valence-corrected chi connectivity index (χ3v) is 4.18. The third-order valence-electron chi connectivity index (χ3n) is 4.18. The fourth-order valence-corrected chi connectivity index (χ4v) is 2.86. The Morgan fingerprint density at radius 1 is 1.09 bits per heavy atom. The number of fused-ring (bicyclic) bond motifs is 1. The van der Waals surface area contributed by atoms with Crippen LogP contribution < -0.4 is 10.2 Å². The molecule has 0 bridgehead atoms. The average Bonchev–Trinajstić information content (AvgIpc) is 2.57. The van der Waals surface area contributed by atoms with E-state index < -0.39 is 0 Å². The minimum Gasteiger partial charge on any atom is -0.352 e. The fraction of sp³-hybridized carbons (Fsp3) is 0.263. The van der Waals surface area contributed by atoms with E-state index in [4.69, 9.17) is 0 Å². The molecule has 0 radical (unpaired) electrons. The summed E-state index contributed by atoms with van der Waals surface area (Å²) in [6.45, 7) is 0.544. The number of hydrogen-bond acceptors (Lipinski definition) is 2. The molecule has 0 aromatic heterocycles. The van der Waals surface area contributed by atoms with E-state index in [9.17, 15) is 9.59 Å². The summed E-state index contributed by atoms with van der Waals surface area (Å²) in [6, 6.07) is 15.8. The molecule has 1 heterocycles. The number of benzene rings is 2. The molecule has 0 saturated heterocycles. The van der Waals surface area contributed by atoms with Crippen LogP contribution in [-0.4, -0.2) is 18.9 Å². The number of nitrogens with one attached hydrogen (secondary N) is 1. The minimum atomic E-state index is 0.00837. The van der Waals surface area contributed by atoms with Crippen LogP contribution in [0.3, 0.4) is 0 Å². The molecule has 1 N–H and O–H groups in total. The predicted molar refractivity (Wildman–Crippen MR) is 90.2 cm³/mol. The van der Waals surface area contributed by atoms with E-state index in [0.29, 0.717) is 19.4 Å². The van der Waals surface area contributed by atoms with Crippen molar-refractivity contribution in [1.29, 1.82) is 0 Å². The smallest absolute Gasteiger partial charge is 0.227 e. The highest BCUT2D eigenvalue weighted by Gasteiger charge is 2.20. The van der Waals surface area contributed by atoms with Crippen LogP contribution in [0.5, 0.6) is 0 Å². The van der Waals surface area contributed by atoms with Crippen LogP contribution in [0.25, 0.3) is 0 Å². The topological polar surface area (TPSA) is 49.4 Å². The van der Waals surface area contributed by atoms with Gasteiger partial charge >= 0.3 is 0 Å². The predicted octanol–water partition coefficient (Wildman–Crippen LogP) is 2.45. The molecule has 0 aliphatic carbocycles. The number of aryl methyl sites for hydroxylation is 1. The Morgan fingerprint density at radius 3 is 2.65 bits per heavy atom. The number of anilines is 1. The zero-order chi connectivity index (χ0) is 16.2. The third kappa shape index (κ3) is 3.59. The lowest BCUT2D eigenvalue weighted by Gasteiger charge is -2.26. The second-order valence-corrected chi connectivity index (χ2v) is 5.85. The van der Waals surface area contributed by atoms with Crippen molar-refractivity contribution in [3.8, 4) is 0 Å². The van der Waals surface area contributed by atoms with Gasteiger partial charge in [-0.15, -0.1) is 0 Å². The zero-order valence-electron chi connectivity index (χ0n) is 13.2. The first kappa shape index (κ1) is 15.3. The molecule has 2 aromatic carbocycles. The van der Waals surface area contributed by atoms with Gasteiger partial charge in [-0.1, -0.05) is 42.5 Å². The van der Waals surface area contributed by atoms with Gasteiger partial charge in [-0.05, 0) is 29.2 Å². The highest BCUT2D eigenvalue weighted by Crippen LogP contribution is 2.27. The molecule has 0 fully saturated rings. The summed E-state index contributed by atoms with van der Waals surface area (Å²) in [5, 5.41) is 2.94. The minimum absolute atomic E-state index is 0.00837. The molecule has 23 heavy (non-hydrogen) atoms. The van der Waals surface area contributed by atoms with Crippen molar-refractivity contribution in [2.45, 2.75) is 25.8 Å². The molecular weight excluding hydrogens is 288 g/mol. The Bertz CT molecular complexity index is 725. The second-order valence-electron chi connectivity index (χ2n) is 5.85. The molecule has 1 aliphatic rings. The van der Waals surface area contributed by atoms with Crippen LogP contribution in [0.2, 0.25) is 0 Å². The van der Waals surface area contributed by atoms with E-state index in [-0.39, 0.29) is 11.8 Å². The number of nitrogens with zero attached hydrogens (tertiary/aromatic N) is 1. The molecule has 4 nitrogen and oxygen atoms in total. The normalized spacial score (nSPS) is 13.6. The summed E-state index contributed by atoms with van der Waals surface area (Å²) in [7, 11) is 1.80. The summed E-state index contributed by atoms with van der Waals surface area (Å²) in [6.07, 6.45) is 1.64. The lowest BCUT2D eigenvalue weighted by molar-refractivity contribution is -0.120. The van der Waals surface area contributed by atoms with E-state index in [2.05, 4.69) is 5.32 Å². The molecule has 2 amide bonds. The maximum atomic E-state index is 12.1. The summed E-state index contributed by atoms with van der Waals surface area (Å²) in [4.78, 5) is 25.5. The Labute approximate surface area is 136 Å². The van der Waals surface area contributed by atoms with Gasteiger partial charge in [-0.2, -0.15) is 0 Å². The van der Waals surface area contributed by atoms with Gasteiger partial charge in [0.15, 0.2) is 0 Å². The Balaban J connectivity index is 1.62. The Hall–Kier alpha value is -2.62. The van der Waals surface area contributed by atoms with Crippen molar-refractivity contribution >= 4 is 17.5 Å². The largest absolute Gasteiger partial charge is 0.352 e. The van der Waals surface area contributed by atoms with Crippen LogP contribution in [-0.2, 0) is 29.0 Å². The van der Waals surface area contributed by atoms with Crippen molar-refractivity contribution in [3.63, 3.8) is 0 Å². The summed E-state index contributed by atoms with van der Waals surface area (Å²) in [5.74, 6) is 0.153. The van der Waals surface area contributed by atoms with Crippen LogP contribution >= 0.6 is 0 Å². The van der Waals surface area contributed by atoms with Gasteiger partial charge in [0.1, 0.15) is 0 Å². The summed E-state index contributed by atoms with van der Waals surface area (Å²) < 4.78 is 0. The van der Waals surface area contributed by atoms with Crippen molar-refractivity contribution in [2.24, 2.45) is 0 Å². The summed E-state index contributed by atoms with van der Waals surface area (Å²) >= 11 is 0. The Morgan fingerprint density at radius 2 is 1.87 bits per heavy atom. The number of rotatable bonds is 4.